The van der Waals surface area contributed by atoms with Crippen molar-refractivity contribution in [2.24, 2.45) is 11.7 Å². The molecule has 0 spiro atoms. The number of amides is 1. The number of nitrogens with two attached hydrogens (primary N) is 1. The van der Waals surface area contributed by atoms with Crippen LogP contribution in [0.25, 0.3) is 0 Å². The van der Waals surface area contributed by atoms with Crippen LogP contribution in [0.4, 0.5) is 0 Å². The summed E-state index contributed by atoms with van der Waals surface area (Å²) in [6.45, 7) is 10.9. The number of carbonyl (C=O) groups is 1. The summed E-state index contributed by atoms with van der Waals surface area (Å²) in [4.78, 5) is 13.8. The molecule has 3 heteroatoms. The van der Waals surface area contributed by atoms with Crippen LogP contribution in [0.15, 0.2) is 0 Å². The highest BCUT2D eigenvalue weighted by Gasteiger charge is 2.24. The Bertz CT molecular complexity index is 178. The fourth-order valence-electron chi connectivity index (χ4n) is 1.34. The molecule has 0 rings (SSSR count). The minimum Gasteiger partial charge on any atom is -0.339 e. The Morgan fingerprint density at radius 1 is 1.29 bits per heavy atom. The fourth-order valence-corrected chi connectivity index (χ4v) is 1.34. The minimum absolute atomic E-state index is 0.0804. The highest BCUT2D eigenvalue weighted by Crippen LogP contribution is 2.07. The molecule has 1 amide bonds. The van der Waals surface area contributed by atoms with Gasteiger partial charge in [-0.05, 0) is 26.2 Å². The van der Waals surface area contributed by atoms with Crippen LogP contribution in [0.2, 0.25) is 0 Å². The Labute approximate surface area is 87.6 Å². The maximum absolute atomic E-state index is 11.9. The molecule has 0 saturated heterocycles. The Morgan fingerprint density at radius 2 is 1.79 bits per heavy atom. The summed E-state index contributed by atoms with van der Waals surface area (Å²) in [5, 5.41) is 0. The van der Waals surface area contributed by atoms with Crippen molar-refractivity contribution in [3.05, 3.63) is 0 Å². The molecule has 0 aliphatic heterocycles. The Morgan fingerprint density at radius 3 is 2.07 bits per heavy atom. The first-order valence-corrected chi connectivity index (χ1v) is 5.47. The Balaban J connectivity index is 4.43. The smallest absolute Gasteiger partial charge is 0.239 e. The highest BCUT2D eigenvalue weighted by atomic mass is 16.2. The predicted molar refractivity (Wildman–Crippen MR) is 60.0 cm³/mol. The van der Waals surface area contributed by atoms with Crippen LogP contribution in [-0.4, -0.2) is 29.4 Å². The largest absolute Gasteiger partial charge is 0.339 e. The van der Waals surface area contributed by atoms with E-state index in [4.69, 9.17) is 5.73 Å². The average Bonchev–Trinajstić information content (AvgIpc) is 2.11. The normalized spacial score (nSPS) is 13.4. The third-order valence-corrected chi connectivity index (χ3v) is 2.37. The molecular weight excluding hydrogens is 176 g/mol. The van der Waals surface area contributed by atoms with Gasteiger partial charge in [-0.2, -0.15) is 0 Å². The van der Waals surface area contributed by atoms with Gasteiger partial charge in [0.15, 0.2) is 0 Å². The van der Waals surface area contributed by atoms with Crippen molar-refractivity contribution in [3.63, 3.8) is 0 Å². The van der Waals surface area contributed by atoms with Crippen molar-refractivity contribution in [3.8, 4) is 0 Å². The second kappa shape index (κ2) is 6.02. The van der Waals surface area contributed by atoms with Crippen LogP contribution in [0.3, 0.4) is 0 Å². The lowest BCUT2D eigenvalue weighted by atomic mass is 10.0. The third kappa shape index (κ3) is 3.66. The van der Waals surface area contributed by atoms with Gasteiger partial charge >= 0.3 is 0 Å². The SMILES string of the molecule is CCCN(C(=O)C(N)C(C)C)C(C)C. The monoisotopic (exact) mass is 200 g/mol. The van der Waals surface area contributed by atoms with E-state index in [-0.39, 0.29) is 23.9 Å². The van der Waals surface area contributed by atoms with Gasteiger partial charge in [0.25, 0.3) is 0 Å². The zero-order chi connectivity index (χ0) is 11.3. The van der Waals surface area contributed by atoms with Crippen LogP contribution >= 0.6 is 0 Å². The molecule has 84 valence electrons. The van der Waals surface area contributed by atoms with Gasteiger partial charge in [-0.25, -0.2) is 0 Å². The van der Waals surface area contributed by atoms with E-state index in [2.05, 4.69) is 6.92 Å². The molecule has 0 bridgehead atoms. The molecule has 0 saturated carbocycles. The van der Waals surface area contributed by atoms with E-state index in [9.17, 15) is 4.79 Å². The first-order chi connectivity index (χ1) is 6.41. The molecule has 1 atom stereocenters. The highest BCUT2D eigenvalue weighted by molar-refractivity contribution is 5.82. The minimum atomic E-state index is -0.357. The van der Waals surface area contributed by atoms with Gasteiger partial charge in [0.1, 0.15) is 0 Å². The van der Waals surface area contributed by atoms with Crippen LogP contribution in [0.5, 0.6) is 0 Å². The van der Waals surface area contributed by atoms with Crippen molar-refractivity contribution in [1.29, 1.82) is 0 Å². The van der Waals surface area contributed by atoms with Crippen molar-refractivity contribution in [2.45, 2.75) is 53.1 Å². The quantitative estimate of drug-likeness (QED) is 0.733. The molecule has 0 fully saturated rings. The zero-order valence-electron chi connectivity index (χ0n) is 10.1. The maximum Gasteiger partial charge on any atom is 0.239 e. The Hall–Kier alpha value is -0.570. The summed E-state index contributed by atoms with van der Waals surface area (Å²) >= 11 is 0. The molecular formula is C11H24N2O. The van der Waals surface area contributed by atoms with E-state index in [1.165, 1.54) is 0 Å². The van der Waals surface area contributed by atoms with Crippen molar-refractivity contribution >= 4 is 5.91 Å². The summed E-state index contributed by atoms with van der Waals surface area (Å²) in [6, 6.07) is -0.115. The molecule has 0 heterocycles. The third-order valence-electron chi connectivity index (χ3n) is 2.37. The van der Waals surface area contributed by atoms with Crippen molar-refractivity contribution < 1.29 is 4.79 Å². The van der Waals surface area contributed by atoms with E-state index in [1.807, 2.05) is 32.6 Å². The van der Waals surface area contributed by atoms with Gasteiger partial charge in [-0.15, -0.1) is 0 Å². The Kier molecular flexibility index (Phi) is 5.77. The van der Waals surface area contributed by atoms with Crippen molar-refractivity contribution in [2.75, 3.05) is 6.54 Å². The lowest BCUT2D eigenvalue weighted by Gasteiger charge is -2.30. The summed E-state index contributed by atoms with van der Waals surface area (Å²) in [6.07, 6.45) is 0.981. The number of hydrogen-bond acceptors (Lipinski definition) is 2. The molecule has 0 radical (unpaired) electrons. The summed E-state index contributed by atoms with van der Waals surface area (Å²) < 4.78 is 0. The lowest BCUT2D eigenvalue weighted by Crippen LogP contribution is -2.49. The first-order valence-electron chi connectivity index (χ1n) is 5.47. The van der Waals surface area contributed by atoms with E-state index in [0.717, 1.165) is 13.0 Å². The lowest BCUT2D eigenvalue weighted by molar-refractivity contribution is -0.135. The molecule has 3 nitrogen and oxygen atoms in total. The second-order valence-corrected chi connectivity index (χ2v) is 4.40. The molecule has 0 aliphatic carbocycles. The van der Waals surface area contributed by atoms with Gasteiger partial charge in [-0.3, -0.25) is 4.79 Å². The standard InChI is InChI=1S/C11H24N2O/c1-6-7-13(9(4)5)11(14)10(12)8(2)3/h8-10H,6-7,12H2,1-5H3. The zero-order valence-corrected chi connectivity index (χ0v) is 10.1. The molecule has 0 aromatic carbocycles. The van der Waals surface area contributed by atoms with E-state index < -0.39 is 0 Å². The molecule has 0 aliphatic rings. The number of rotatable bonds is 5. The summed E-state index contributed by atoms with van der Waals surface area (Å²) in [5.41, 5.74) is 5.84. The van der Waals surface area contributed by atoms with Crippen LogP contribution in [-0.2, 0) is 4.79 Å². The summed E-state index contributed by atoms with van der Waals surface area (Å²) in [7, 11) is 0. The van der Waals surface area contributed by atoms with Gasteiger partial charge in [-0.1, -0.05) is 20.8 Å². The van der Waals surface area contributed by atoms with Gasteiger partial charge < -0.3 is 10.6 Å². The van der Waals surface area contributed by atoms with Crippen LogP contribution in [0, 0.1) is 5.92 Å². The van der Waals surface area contributed by atoms with Crippen molar-refractivity contribution in [1.82, 2.24) is 4.90 Å². The van der Waals surface area contributed by atoms with Gasteiger partial charge in [0.05, 0.1) is 6.04 Å². The fraction of sp³-hybridized carbons (Fsp3) is 0.909. The molecule has 0 aromatic heterocycles. The average molecular weight is 200 g/mol. The predicted octanol–water partition coefficient (Wildman–Crippen LogP) is 1.62. The van der Waals surface area contributed by atoms with E-state index >= 15 is 0 Å². The number of hydrogen-bond donors (Lipinski definition) is 1. The van der Waals surface area contributed by atoms with Crippen LogP contribution < -0.4 is 5.73 Å². The van der Waals surface area contributed by atoms with E-state index in [0.29, 0.717) is 0 Å². The number of nitrogens with zero attached hydrogens (tertiary/aromatic N) is 1. The maximum atomic E-state index is 11.9. The molecule has 1 unspecified atom stereocenters. The van der Waals surface area contributed by atoms with E-state index in [1.54, 1.807) is 0 Å². The number of carbonyl (C=O) groups excluding carboxylic acids is 1. The second-order valence-electron chi connectivity index (χ2n) is 4.40. The van der Waals surface area contributed by atoms with Gasteiger partial charge in [0.2, 0.25) is 5.91 Å². The molecule has 2 N–H and O–H groups in total. The van der Waals surface area contributed by atoms with Gasteiger partial charge in [0, 0.05) is 12.6 Å². The first kappa shape index (κ1) is 13.4. The molecule has 0 aromatic rings. The summed E-state index contributed by atoms with van der Waals surface area (Å²) in [5.74, 6) is 0.289. The van der Waals surface area contributed by atoms with Crippen LogP contribution in [0.1, 0.15) is 41.0 Å². The topological polar surface area (TPSA) is 46.3 Å². The molecule has 14 heavy (non-hydrogen) atoms.